The molecular formula is C12H21NO5. The fraction of sp³-hybridized carbons (Fsp3) is 0.833. The van der Waals surface area contributed by atoms with Crippen molar-refractivity contribution in [2.45, 2.75) is 51.7 Å². The molecule has 1 rings (SSSR count). The average Bonchev–Trinajstić information content (AvgIpc) is 2.19. The summed E-state index contributed by atoms with van der Waals surface area (Å²) >= 11 is 0. The topological polar surface area (TPSA) is 65.1 Å². The number of hydrogen-bond acceptors (Lipinski definition) is 6. The van der Waals surface area contributed by atoms with Crippen LogP contribution in [0.4, 0.5) is 0 Å². The summed E-state index contributed by atoms with van der Waals surface area (Å²) in [7, 11) is 3.79. The molecule has 18 heavy (non-hydrogen) atoms. The molecule has 0 aliphatic carbocycles. The molecule has 0 saturated carbocycles. The highest BCUT2D eigenvalue weighted by Crippen LogP contribution is 2.26. The van der Waals surface area contributed by atoms with Gasteiger partial charge in [-0.3, -0.25) is 9.59 Å². The van der Waals surface area contributed by atoms with Crippen molar-refractivity contribution < 1.29 is 23.8 Å². The summed E-state index contributed by atoms with van der Waals surface area (Å²) < 4.78 is 15.9. The van der Waals surface area contributed by atoms with Crippen molar-refractivity contribution in [3.05, 3.63) is 0 Å². The van der Waals surface area contributed by atoms with Gasteiger partial charge in [0.25, 0.3) is 0 Å². The largest absolute Gasteiger partial charge is 0.454 e. The normalized spacial score (nSPS) is 32.1. The van der Waals surface area contributed by atoms with E-state index in [0.717, 1.165) is 0 Å². The van der Waals surface area contributed by atoms with Crippen molar-refractivity contribution in [1.29, 1.82) is 0 Å². The maximum Gasteiger partial charge on any atom is 0.305 e. The first-order valence-corrected chi connectivity index (χ1v) is 5.97. The highest BCUT2D eigenvalue weighted by molar-refractivity contribution is 5.67. The second kappa shape index (κ2) is 6.15. The fourth-order valence-electron chi connectivity index (χ4n) is 2.11. The van der Waals surface area contributed by atoms with Crippen LogP contribution >= 0.6 is 0 Å². The second-order valence-corrected chi connectivity index (χ2v) is 4.77. The van der Waals surface area contributed by atoms with Crippen LogP contribution in [0.1, 0.15) is 27.2 Å². The lowest BCUT2D eigenvalue weighted by Gasteiger charge is -2.41. The van der Waals surface area contributed by atoms with E-state index < -0.39 is 24.3 Å². The van der Waals surface area contributed by atoms with Crippen LogP contribution in [0.5, 0.6) is 0 Å². The van der Waals surface area contributed by atoms with E-state index in [4.69, 9.17) is 14.2 Å². The van der Waals surface area contributed by atoms with Crippen LogP contribution in [0.15, 0.2) is 0 Å². The van der Waals surface area contributed by atoms with Crippen LogP contribution in [-0.2, 0) is 23.8 Å². The summed E-state index contributed by atoms with van der Waals surface area (Å²) in [6.07, 6.45) is -0.795. The smallest absolute Gasteiger partial charge is 0.305 e. The van der Waals surface area contributed by atoms with Crippen molar-refractivity contribution in [1.82, 2.24) is 4.90 Å². The maximum absolute atomic E-state index is 11.2. The molecule has 0 unspecified atom stereocenters. The molecular weight excluding hydrogens is 238 g/mol. The lowest BCUT2D eigenvalue weighted by atomic mass is 9.99. The zero-order chi connectivity index (χ0) is 13.9. The Morgan fingerprint density at radius 1 is 1.17 bits per heavy atom. The Balaban J connectivity index is 2.87. The van der Waals surface area contributed by atoms with E-state index in [1.165, 1.54) is 13.8 Å². The Bertz CT molecular complexity index is 318. The number of esters is 2. The van der Waals surface area contributed by atoms with Gasteiger partial charge in [0.05, 0.1) is 12.1 Å². The monoisotopic (exact) mass is 259 g/mol. The Labute approximate surface area is 107 Å². The average molecular weight is 259 g/mol. The summed E-state index contributed by atoms with van der Waals surface area (Å²) in [5.74, 6) is -0.870. The Morgan fingerprint density at radius 2 is 1.72 bits per heavy atom. The zero-order valence-corrected chi connectivity index (χ0v) is 11.5. The van der Waals surface area contributed by atoms with Gasteiger partial charge in [0.2, 0.25) is 6.29 Å². The highest BCUT2D eigenvalue weighted by atomic mass is 16.7. The van der Waals surface area contributed by atoms with E-state index in [1.807, 2.05) is 25.9 Å². The van der Waals surface area contributed by atoms with Gasteiger partial charge < -0.3 is 19.1 Å². The number of likely N-dealkylation sites (N-methyl/N-ethyl adjacent to an activating group) is 1. The Kier molecular flexibility index (Phi) is 5.10. The third-order valence-electron chi connectivity index (χ3n) is 2.83. The molecule has 6 heteroatoms. The molecule has 0 bridgehead atoms. The predicted octanol–water partition coefficient (Wildman–Crippen LogP) is 0.546. The minimum atomic E-state index is -0.845. The van der Waals surface area contributed by atoms with Gasteiger partial charge in [-0.1, -0.05) is 0 Å². The van der Waals surface area contributed by atoms with Gasteiger partial charge in [-0.05, 0) is 27.4 Å². The first-order chi connectivity index (χ1) is 8.31. The quantitative estimate of drug-likeness (QED) is 0.689. The van der Waals surface area contributed by atoms with Gasteiger partial charge in [-0.15, -0.1) is 0 Å². The predicted molar refractivity (Wildman–Crippen MR) is 63.7 cm³/mol. The van der Waals surface area contributed by atoms with Gasteiger partial charge in [-0.2, -0.15) is 0 Å². The minimum absolute atomic E-state index is 0.0398. The molecule has 1 saturated heterocycles. The number of nitrogens with zero attached hydrogens (tertiary/aromatic N) is 1. The van der Waals surface area contributed by atoms with Gasteiger partial charge in [0, 0.05) is 13.8 Å². The fourth-order valence-corrected chi connectivity index (χ4v) is 2.11. The zero-order valence-electron chi connectivity index (χ0n) is 11.5. The molecule has 6 nitrogen and oxygen atoms in total. The molecule has 4 atom stereocenters. The summed E-state index contributed by atoms with van der Waals surface area (Å²) in [5.41, 5.74) is 0. The molecule has 0 aromatic heterocycles. The molecule has 1 fully saturated rings. The first-order valence-electron chi connectivity index (χ1n) is 5.97. The number of carbonyl (C=O) groups excluding carboxylic acids is 2. The van der Waals surface area contributed by atoms with E-state index in [0.29, 0.717) is 6.42 Å². The first kappa shape index (κ1) is 14.9. The molecule has 1 heterocycles. The van der Waals surface area contributed by atoms with Crippen molar-refractivity contribution in [3.8, 4) is 0 Å². The van der Waals surface area contributed by atoms with Crippen molar-refractivity contribution in [3.63, 3.8) is 0 Å². The molecule has 0 amide bonds. The summed E-state index contributed by atoms with van der Waals surface area (Å²) in [6, 6.07) is -0.0398. The standard InChI is InChI=1S/C12H21NO5/c1-7-6-10(13(4)5)11(17-8(2)14)12(16-7)18-9(3)15/h7,10-12H,6H2,1-5H3/t7-,10+,11-,12-/m1/s1. The molecule has 1 aliphatic rings. The van der Waals surface area contributed by atoms with Crippen LogP contribution in [0.3, 0.4) is 0 Å². The SMILES string of the molecule is CC(=O)O[C@H]1O[C@H](C)C[C@H](N(C)C)[C@H]1OC(C)=O. The van der Waals surface area contributed by atoms with Gasteiger partial charge >= 0.3 is 11.9 Å². The number of ether oxygens (including phenoxy) is 3. The summed E-state index contributed by atoms with van der Waals surface area (Å²) in [6.45, 7) is 4.53. The molecule has 1 aliphatic heterocycles. The third kappa shape index (κ3) is 3.96. The molecule has 0 aromatic rings. The van der Waals surface area contributed by atoms with Crippen LogP contribution in [0.2, 0.25) is 0 Å². The maximum atomic E-state index is 11.2. The minimum Gasteiger partial charge on any atom is -0.454 e. The Morgan fingerprint density at radius 3 is 2.17 bits per heavy atom. The lowest BCUT2D eigenvalue weighted by Crippen LogP contribution is -2.56. The van der Waals surface area contributed by atoms with Crippen LogP contribution < -0.4 is 0 Å². The van der Waals surface area contributed by atoms with E-state index >= 15 is 0 Å². The van der Waals surface area contributed by atoms with E-state index in [-0.39, 0.29) is 12.1 Å². The van der Waals surface area contributed by atoms with Crippen molar-refractivity contribution in [2.24, 2.45) is 0 Å². The van der Waals surface area contributed by atoms with E-state index in [9.17, 15) is 9.59 Å². The van der Waals surface area contributed by atoms with Gasteiger partial charge in [-0.25, -0.2) is 0 Å². The molecule has 0 aromatic carbocycles. The number of hydrogen-bond donors (Lipinski definition) is 0. The lowest BCUT2D eigenvalue weighted by molar-refractivity contribution is -0.251. The van der Waals surface area contributed by atoms with Crippen LogP contribution in [-0.4, -0.2) is 55.5 Å². The molecule has 0 N–H and O–H groups in total. The van der Waals surface area contributed by atoms with Crippen LogP contribution in [0, 0.1) is 0 Å². The van der Waals surface area contributed by atoms with Gasteiger partial charge in [0.15, 0.2) is 6.10 Å². The molecule has 0 spiro atoms. The number of rotatable bonds is 3. The highest BCUT2D eigenvalue weighted by Gasteiger charge is 2.42. The van der Waals surface area contributed by atoms with Gasteiger partial charge in [0.1, 0.15) is 0 Å². The summed E-state index contributed by atoms with van der Waals surface area (Å²) in [4.78, 5) is 24.2. The third-order valence-corrected chi connectivity index (χ3v) is 2.83. The molecule has 104 valence electrons. The van der Waals surface area contributed by atoms with Crippen LogP contribution in [0.25, 0.3) is 0 Å². The van der Waals surface area contributed by atoms with E-state index in [1.54, 1.807) is 0 Å². The molecule has 0 radical (unpaired) electrons. The van der Waals surface area contributed by atoms with E-state index in [2.05, 4.69) is 0 Å². The summed E-state index contributed by atoms with van der Waals surface area (Å²) in [5, 5.41) is 0. The van der Waals surface area contributed by atoms with Crippen molar-refractivity contribution >= 4 is 11.9 Å². The Hall–Kier alpha value is -1.14. The second-order valence-electron chi connectivity index (χ2n) is 4.77. The van der Waals surface area contributed by atoms with Crippen molar-refractivity contribution in [2.75, 3.05) is 14.1 Å². The number of carbonyl (C=O) groups is 2.